The zero-order valence-electron chi connectivity index (χ0n) is 11.0. The molecule has 0 unspecified atom stereocenters. The van der Waals surface area contributed by atoms with Gasteiger partial charge in [0.05, 0.1) is 5.33 Å². The maximum Gasteiger partial charge on any atom is 0.471 e. The number of hydrogen-bond donors (Lipinski definition) is 0. The lowest BCUT2D eigenvalue weighted by atomic mass is 9.97. The van der Waals surface area contributed by atoms with Gasteiger partial charge < -0.3 is 4.90 Å². The van der Waals surface area contributed by atoms with Crippen molar-refractivity contribution in [3.63, 3.8) is 0 Å². The zero-order valence-corrected chi connectivity index (χ0v) is 12.6. The number of ketones is 1. The highest BCUT2D eigenvalue weighted by atomic mass is 79.9. The quantitative estimate of drug-likeness (QED) is 0.611. The van der Waals surface area contributed by atoms with Crippen LogP contribution in [0.15, 0.2) is 24.3 Å². The number of carbonyl (C=O) groups excluding carboxylic acids is 2. The van der Waals surface area contributed by atoms with E-state index in [1.165, 1.54) is 0 Å². The summed E-state index contributed by atoms with van der Waals surface area (Å²) in [6.45, 7) is 0.162. The molecule has 0 aromatic heterocycles. The van der Waals surface area contributed by atoms with Gasteiger partial charge in [0, 0.05) is 24.6 Å². The number of likely N-dealkylation sites (tertiary alicyclic amines) is 1. The largest absolute Gasteiger partial charge is 0.471 e. The van der Waals surface area contributed by atoms with Crippen molar-refractivity contribution in [2.24, 2.45) is 0 Å². The van der Waals surface area contributed by atoms with Crippen molar-refractivity contribution >= 4 is 27.6 Å². The number of rotatable bonds is 3. The van der Waals surface area contributed by atoms with Crippen molar-refractivity contribution in [3.8, 4) is 0 Å². The minimum absolute atomic E-state index is 0.0538. The van der Waals surface area contributed by atoms with E-state index in [4.69, 9.17) is 0 Å². The summed E-state index contributed by atoms with van der Waals surface area (Å²) in [7, 11) is 0. The molecule has 21 heavy (non-hydrogen) atoms. The Morgan fingerprint density at radius 3 is 2.38 bits per heavy atom. The Bertz CT molecular complexity index is 542. The van der Waals surface area contributed by atoms with Crippen molar-refractivity contribution in [3.05, 3.63) is 35.4 Å². The summed E-state index contributed by atoms with van der Waals surface area (Å²) in [6, 6.07) is 6.80. The third kappa shape index (κ3) is 3.64. The Balaban J connectivity index is 2.05. The van der Waals surface area contributed by atoms with Crippen molar-refractivity contribution in [1.82, 2.24) is 4.90 Å². The molecule has 0 aliphatic carbocycles. The zero-order chi connectivity index (χ0) is 15.6. The summed E-state index contributed by atoms with van der Waals surface area (Å²) in [6.07, 6.45) is -4.32. The number of nitrogens with zero attached hydrogens (tertiary/aromatic N) is 1. The second-order valence-corrected chi connectivity index (χ2v) is 5.47. The lowest BCUT2D eigenvalue weighted by molar-refractivity contribution is -0.184. The molecule has 2 rings (SSSR count). The summed E-state index contributed by atoms with van der Waals surface area (Å²) < 4.78 is 37.1. The van der Waals surface area contributed by atoms with E-state index in [1.54, 1.807) is 24.3 Å². The second-order valence-electron chi connectivity index (χ2n) is 4.91. The number of alkyl halides is 4. The minimum atomic E-state index is -4.82. The average Bonchev–Trinajstić information content (AvgIpc) is 2.94. The third-order valence-electron chi connectivity index (χ3n) is 3.54. The molecule has 3 nitrogen and oxygen atoms in total. The van der Waals surface area contributed by atoms with E-state index >= 15 is 0 Å². The Labute approximate surface area is 128 Å². The van der Waals surface area contributed by atoms with Crippen LogP contribution >= 0.6 is 15.9 Å². The van der Waals surface area contributed by atoms with Crippen molar-refractivity contribution in [2.45, 2.75) is 18.5 Å². The number of benzene rings is 1. The molecule has 114 valence electrons. The van der Waals surface area contributed by atoms with Gasteiger partial charge in [0.15, 0.2) is 5.78 Å². The standard InChI is InChI=1S/C14H13BrF3NO2/c15-7-12(20)10-3-1-9(2-4-10)11-5-6-19(8-11)13(21)14(16,17)18/h1-4,11H,5-8H2/t11-/m1/s1. The van der Waals surface area contributed by atoms with Gasteiger partial charge in [-0.1, -0.05) is 40.2 Å². The Morgan fingerprint density at radius 2 is 1.86 bits per heavy atom. The fourth-order valence-electron chi connectivity index (χ4n) is 2.41. The Hall–Kier alpha value is -1.37. The fourth-order valence-corrected chi connectivity index (χ4v) is 2.74. The van der Waals surface area contributed by atoms with Crippen LogP contribution < -0.4 is 0 Å². The molecule has 1 aromatic rings. The molecule has 1 aliphatic heterocycles. The van der Waals surface area contributed by atoms with Crippen LogP contribution in [0.1, 0.15) is 28.3 Å². The van der Waals surface area contributed by atoms with E-state index in [2.05, 4.69) is 15.9 Å². The van der Waals surface area contributed by atoms with E-state index in [0.717, 1.165) is 10.5 Å². The highest BCUT2D eigenvalue weighted by Gasteiger charge is 2.44. The van der Waals surface area contributed by atoms with Crippen molar-refractivity contribution in [1.29, 1.82) is 0 Å². The van der Waals surface area contributed by atoms with Crippen molar-refractivity contribution < 1.29 is 22.8 Å². The molecule has 0 saturated carbocycles. The number of hydrogen-bond acceptors (Lipinski definition) is 2. The third-order valence-corrected chi connectivity index (χ3v) is 4.05. The van der Waals surface area contributed by atoms with Gasteiger partial charge in [-0.15, -0.1) is 0 Å². The van der Waals surface area contributed by atoms with Gasteiger partial charge in [0.2, 0.25) is 0 Å². The molecule has 1 aliphatic rings. The smallest absolute Gasteiger partial charge is 0.334 e. The molecule has 1 saturated heterocycles. The fraction of sp³-hybridized carbons (Fsp3) is 0.429. The van der Waals surface area contributed by atoms with E-state index in [0.29, 0.717) is 12.0 Å². The van der Waals surface area contributed by atoms with Crippen LogP contribution in [0.25, 0.3) is 0 Å². The molecule has 1 atom stereocenters. The predicted octanol–water partition coefficient (Wildman–Crippen LogP) is 3.14. The monoisotopic (exact) mass is 363 g/mol. The van der Waals surface area contributed by atoms with Gasteiger partial charge >= 0.3 is 12.1 Å². The summed E-state index contributed by atoms with van der Waals surface area (Å²) in [5.41, 5.74) is 1.40. The first-order chi connectivity index (χ1) is 9.82. The van der Waals surface area contributed by atoms with Crippen LogP contribution in [-0.4, -0.2) is 41.2 Å². The highest BCUT2D eigenvalue weighted by Crippen LogP contribution is 2.30. The molecule has 7 heteroatoms. The van der Waals surface area contributed by atoms with Crippen LogP contribution in [0, 0.1) is 0 Å². The van der Waals surface area contributed by atoms with Gasteiger partial charge in [-0.2, -0.15) is 13.2 Å². The SMILES string of the molecule is O=C(CBr)c1ccc([C@@H]2CCN(C(=O)C(F)(F)F)C2)cc1. The second kappa shape index (κ2) is 6.17. The van der Waals surface area contributed by atoms with E-state index in [9.17, 15) is 22.8 Å². The summed E-state index contributed by atoms with van der Waals surface area (Å²) >= 11 is 3.08. The van der Waals surface area contributed by atoms with Crippen LogP contribution in [0.5, 0.6) is 0 Å². The summed E-state index contributed by atoms with van der Waals surface area (Å²) in [5.74, 6) is -1.96. The van der Waals surface area contributed by atoms with Gasteiger partial charge in [-0.25, -0.2) is 0 Å². The van der Waals surface area contributed by atoms with Crippen LogP contribution in [-0.2, 0) is 4.79 Å². The lowest BCUT2D eigenvalue weighted by Crippen LogP contribution is -2.39. The highest BCUT2D eigenvalue weighted by molar-refractivity contribution is 9.09. The Morgan fingerprint density at radius 1 is 1.24 bits per heavy atom. The molecular formula is C14H13BrF3NO2. The van der Waals surface area contributed by atoms with Crippen LogP contribution in [0.3, 0.4) is 0 Å². The molecule has 1 heterocycles. The normalized spacial score (nSPS) is 18.9. The van der Waals surface area contributed by atoms with Gasteiger partial charge in [0.25, 0.3) is 0 Å². The molecule has 0 spiro atoms. The van der Waals surface area contributed by atoms with Crippen molar-refractivity contribution in [2.75, 3.05) is 18.4 Å². The van der Waals surface area contributed by atoms with Crippen LogP contribution in [0.2, 0.25) is 0 Å². The predicted molar refractivity (Wildman–Crippen MR) is 74.6 cm³/mol. The minimum Gasteiger partial charge on any atom is -0.334 e. The summed E-state index contributed by atoms with van der Waals surface area (Å²) in [4.78, 5) is 23.5. The number of Topliss-reactive ketones (excluding diaryl/α,β-unsaturated/α-hetero) is 1. The first-order valence-corrected chi connectivity index (χ1v) is 7.50. The van der Waals surface area contributed by atoms with Crippen LogP contribution in [0.4, 0.5) is 13.2 Å². The molecule has 1 amide bonds. The molecule has 1 aromatic carbocycles. The molecule has 0 radical (unpaired) electrons. The van der Waals surface area contributed by atoms with Gasteiger partial charge in [0.1, 0.15) is 0 Å². The van der Waals surface area contributed by atoms with Gasteiger partial charge in [-0.05, 0) is 12.0 Å². The first kappa shape index (κ1) is 16.0. The molecule has 0 N–H and O–H groups in total. The first-order valence-electron chi connectivity index (χ1n) is 6.38. The van der Waals surface area contributed by atoms with E-state index in [-0.39, 0.29) is 30.1 Å². The van der Waals surface area contributed by atoms with Gasteiger partial charge in [-0.3, -0.25) is 9.59 Å². The maximum absolute atomic E-state index is 12.4. The Kier molecular flexibility index (Phi) is 4.70. The van der Waals surface area contributed by atoms with E-state index in [1.807, 2.05) is 0 Å². The molecule has 0 bridgehead atoms. The number of halogens is 4. The number of amides is 1. The van der Waals surface area contributed by atoms with E-state index < -0.39 is 12.1 Å². The lowest BCUT2D eigenvalue weighted by Gasteiger charge is -2.18. The molecule has 1 fully saturated rings. The maximum atomic E-state index is 12.4. The topological polar surface area (TPSA) is 37.4 Å². The average molecular weight is 364 g/mol. The number of carbonyl (C=O) groups is 2. The summed E-state index contributed by atoms with van der Waals surface area (Å²) in [5, 5.41) is 0.226. The molecular weight excluding hydrogens is 351 g/mol.